The number of hydrogen-bond donors (Lipinski definition) is 1. The van der Waals surface area contributed by atoms with Crippen LogP contribution in [0.1, 0.15) is 18.5 Å². The zero-order valence-corrected chi connectivity index (χ0v) is 8.45. The summed E-state index contributed by atoms with van der Waals surface area (Å²) in [6.07, 6.45) is 0. The molecule has 14 heavy (non-hydrogen) atoms. The third kappa shape index (κ3) is 2.75. The summed E-state index contributed by atoms with van der Waals surface area (Å²) in [6.45, 7) is 2.40. The minimum absolute atomic E-state index is 0.195. The van der Waals surface area contributed by atoms with Crippen LogP contribution < -0.4 is 10.1 Å². The molecule has 1 aromatic rings. The molecule has 1 N–H and O–H groups in total. The van der Waals surface area contributed by atoms with Crippen molar-refractivity contribution < 1.29 is 4.74 Å². The first kappa shape index (κ1) is 10.6. The van der Waals surface area contributed by atoms with Gasteiger partial charge in [0, 0.05) is 6.04 Å². The van der Waals surface area contributed by atoms with Crippen LogP contribution >= 0.6 is 0 Å². The quantitative estimate of drug-likeness (QED) is 0.737. The highest BCUT2D eigenvalue weighted by Gasteiger charge is 2.03. The minimum atomic E-state index is 0.195. The van der Waals surface area contributed by atoms with E-state index in [0.29, 0.717) is 6.54 Å². The van der Waals surface area contributed by atoms with Crippen LogP contribution in [0.25, 0.3) is 0 Å². The second-order valence-electron chi connectivity index (χ2n) is 3.03. The van der Waals surface area contributed by atoms with Crippen molar-refractivity contribution in [3.05, 3.63) is 29.8 Å². The molecule has 3 nitrogen and oxygen atoms in total. The van der Waals surface area contributed by atoms with E-state index >= 15 is 0 Å². The van der Waals surface area contributed by atoms with Crippen molar-refractivity contribution in [2.45, 2.75) is 13.0 Å². The Hall–Kier alpha value is -1.53. The van der Waals surface area contributed by atoms with Gasteiger partial charge in [0.05, 0.1) is 19.7 Å². The maximum absolute atomic E-state index is 8.41. The molecule has 1 aromatic carbocycles. The molecule has 0 aromatic heterocycles. The lowest BCUT2D eigenvalue weighted by atomic mass is 10.1. The molecule has 0 heterocycles. The van der Waals surface area contributed by atoms with Gasteiger partial charge in [0.25, 0.3) is 0 Å². The molecule has 0 unspecified atom stereocenters. The molecule has 0 radical (unpaired) electrons. The predicted octanol–water partition coefficient (Wildman–Crippen LogP) is 1.87. The minimum Gasteiger partial charge on any atom is -0.497 e. The van der Waals surface area contributed by atoms with E-state index < -0.39 is 0 Å². The van der Waals surface area contributed by atoms with Gasteiger partial charge < -0.3 is 4.74 Å². The molecular weight excluding hydrogens is 176 g/mol. The van der Waals surface area contributed by atoms with Crippen LogP contribution in [0.5, 0.6) is 5.75 Å². The van der Waals surface area contributed by atoms with E-state index in [9.17, 15) is 0 Å². The van der Waals surface area contributed by atoms with Crippen LogP contribution in [-0.2, 0) is 0 Å². The molecule has 1 rings (SSSR count). The van der Waals surface area contributed by atoms with Gasteiger partial charge in [0.1, 0.15) is 5.75 Å². The highest BCUT2D eigenvalue weighted by atomic mass is 16.5. The average Bonchev–Trinajstić information content (AvgIpc) is 2.26. The first-order valence-electron chi connectivity index (χ1n) is 4.52. The van der Waals surface area contributed by atoms with E-state index in [1.807, 2.05) is 31.2 Å². The maximum Gasteiger partial charge on any atom is 0.118 e. The summed E-state index contributed by atoms with van der Waals surface area (Å²) in [5.41, 5.74) is 1.15. The number of methoxy groups -OCH3 is 1. The molecule has 0 bridgehead atoms. The lowest BCUT2D eigenvalue weighted by Crippen LogP contribution is -2.18. The van der Waals surface area contributed by atoms with Gasteiger partial charge in [0.2, 0.25) is 0 Å². The van der Waals surface area contributed by atoms with E-state index in [-0.39, 0.29) is 6.04 Å². The number of nitriles is 1. The fraction of sp³-hybridized carbons (Fsp3) is 0.364. The largest absolute Gasteiger partial charge is 0.497 e. The summed E-state index contributed by atoms with van der Waals surface area (Å²) in [6, 6.07) is 10.1. The van der Waals surface area contributed by atoms with Gasteiger partial charge in [-0.1, -0.05) is 12.1 Å². The fourth-order valence-corrected chi connectivity index (χ4v) is 1.21. The first-order valence-corrected chi connectivity index (χ1v) is 4.52. The number of nitrogens with one attached hydrogen (secondary N) is 1. The maximum atomic E-state index is 8.41. The molecule has 0 fully saturated rings. The molecule has 0 spiro atoms. The van der Waals surface area contributed by atoms with Crippen molar-refractivity contribution in [2.24, 2.45) is 0 Å². The second kappa shape index (κ2) is 5.25. The lowest BCUT2D eigenvalue weighted by Gasteiger charge is -2.11. The van der Waals surface area contributed by atoms with Crippen LogP contribution in [0, 0.1) is 11.3 Å². The second-order valence-corrected chi connectivity index (χ2v) is 3.03. The molecule has 0 saturated carbocycles. The number of benzene rings is 1. The van der Waals surface area contributed by atoms with Crippen molar-refractivity contribution in [1.29, 1.82) is 5.26 Å². The third-order valence-electron chi connectivity index (χ3n) is 2.10. The monoisotopic (exact) mass is 190 g/mol. The number of ether oxygens (including phenoxy) is 1. The first-order chi connectivity index (χ1) is 6.77. The molecule has 0 amide bonds. The van der Waals surface area contributed by atoms with Crippen molar-refractivity contribution in [3.8, 4) is 11.8 Å². The Morgan fingerprint density at radius 3 is 2.57 bits per heavy atom. The average molecular weight is 190 g/mol. The van der Waals surface area contributed by atoms with Gasteiger partial charge >= 0.3 is 0 Å². The summed E-state index contributed by atoms with van der Waals surface area (Å²) in [5.74, 6) is 0.848. The molecule has 3 heteroatoms. The van der Waals surface area contributed by atoms with Crippen LogP contribution in [0.4, 0.5) is 0 Å². The van der Waals surface area contributed by atoms with Gasteiger partial charge in [-0.05, 0) is 24.6 Å². The molecular formula is C11H14N2O. The Balaban J connectivity index is 2.62. The smallest absolute Gasteiger partial charge is 0.118 e. The van der Waals surface area contributed by atoms with Crippen LogP contribution in [-0.4, -0.2) is 13.7 Å². The van der Waals surface area contributed by atoms with Crippen molar-refractivity contribution >= 4 is 0 Å². The molecule has 0 aliphatic carbocycles. The summed E-state index contributed by atoms with van der Waals surface area (Å²) in [5, 5.41) is 11.5. The van der Waals surface area contributed by atoms with Gasteiger partial charge in [-0.15, -0.1) is 0 Å². The van der Waals surface area contributed by atoms with Crippen LogP contribution in [0.2, 0.25) is 0 Å². The molecule has 74 valence electrons. The predicted molar refractivity (Wildman–Crippen MR) is 55.0 cm³/mol. The topological polar surface area (TPSA) is 45.0 Å². The summed E-state index contributed by atoms with van der Waals surface area (Å²) >= 11 is 0. The van der Waals surface area contributed by atoms with Gasteiger partial charge in [-0.25, -0.2) is 0 Å². The van der Waals surface area contributed by atoms with Gasteiger partial charge in [-0.2, -0.15) is 5.26 Å². The SMILES string of the molecule is COc1ccc([C@H](C)NCC#N)cc1. The molecule has 0 aliphatic rings. The van der Waals surface area contributed by atoms with Crippen LogP contribution in [0.15, 0.2) is 24.3 Å². The van der Waals surface area contributed by atoms with E-state index in [4.69, 9.17) is 10.00 Å². The Kier molecular flexibility index (Phi) is 3.96. The van der Waals surface area contributed by atoms with Gasteiger partial charge in [0.15, 0.2) is 0 Å². The molecule has 1 atom stereocenters. The van der Waals surface area contributed by atoms with E-state index in [1.54, 1.807) is 7.11 Å². The fourth-order valence-electron chi connectivity index (χ4n) is 1.21. The Morgan fingerprint density at radius 2 is 2.07 bits per heavy atom. The van der Waals surface area contributed by atoms with Crippen molar-refractivity contribution in [3.63, 3.8) is 0 Å². The lowest BCUT2D eigenvalue weighted by molar-refractivity contribution is 0.414. The van der Waals surface area contributed by atoms with Crippen molar-refractivity contribution in [2.75, 3.05) is 13.7 Å². The summed E-state index contributed by atoms with van der Waals surface area (Å²) in [7, 11) is 1.65. The molecule has 0 saturated heterocycles. The Bertz CT molecular complexity index is 313. The number of nitrogens with zero attached hydrogens (tertiary/aromatic N) is 1. The van der Waals surface area contributed by atoms with E-state index in [0.717, 1.165) is 11.3 Å². The van der Waals surface area contributed by atoms with E-state index in [1.165, 1.54) is 0 Å². The summed E-state index contributed by atoms with van der Waals surface area (Å²) in [4.78, 5) is 0. The number of hydrogen-bond acceptors (Lipinski definition) is 3. The Morgan fingerprint density at radius 1 is 1.43 bits per heavy atom. The highest BCUT2D eigenvalue weighted by Crippen LogP contribution is 2.16. The Labute approximate surface area is 84.3 Å². The summed E-state index contributed by atoms with van der Waals surface area (Å²) < 4.78 is 5.06. The van der Waals surface area contributed by atoms with Crippen molar-refractivity contribution in [1.82, 2.24) is 5.32 Å². The highest BCUT2D eigenvalue weighted by molar-refractivity contribution is 5.28. The van der Waals surface area contributed by atoms with E-state index in [2.05, 4.69) is 11.4 Å². The standard InChI is InChI=1S/C11H14N2O/c1-9(13-8-7-12)10-3-5-11(14-2)6-4-10/h3-6,9,13H,8H2,1-2H3/t9-/m0/s1. The third-order valence-corrected chi connectivity index (χ3v) is 2.10. The van der Waals surface area contributed by atoms with Gasteiger partial charge in [-0.3, -0.25) is 5.32 Å². The zero-order chi connectivity index (χ0) is 10.4. The number of rotatable bonds is 4. The normalized spacial score (nSPS) is 11.8. The van der Waals surface area contributed by atoms with Crippen LogP contribution in [0.3, 0.4) is 0 Å². The molecule has 0 aliphatic heterocycles. The zero-order valence-electron chi connectivity index (χ0n) is 8.45.